The average molecular weight is 367 g/mol. The number of aromatic nitrogens is 2. The molecule has 1 N–H and O–H groups in total. The molecule has 0 bridgehead atoms. The molecule has 3 heterocycles. The number of nitrogens with zero attached hydrogens (tertiary/aromatic N) is 2. The molecule has 0 saturated heterocycles. The number of benzene rings is 1. The van der Waals surface area contributed by atoms with Crippen LogP contribution in [0.4, 0.5) is 4.39 Å². The van der Waals surface area contributed by atoms with Crippen molar-refractivity contribution in [2.75, 3.05) is 0 Å². The van der Waals surface area contributed by atoms with Gasteiger partial charge < -0.3 is 14.3 Å². The molecule has 0 spiro atoms. The van der Waals surface area contributed by atoms with Crippen molar-refractivity contribution in [2.45, 2.75) is 33.7 Å². The maximum atomic E-state index is 13.5. The highest BCUT2D eigenvalue weighted by atomic mass is 19.1. The van der Waals surface area contributed by atoms with Crippen molar-refractivity contribution >= 4 is 28.0 Å². The van der Waals surface area contributed by atoms with Crippen LogP contribution in [0, 0.1) is 26.6 Å². The lowest BCUT2D eigenvalue weighted by atomic mass is 10.1. The van der Waals surface area contributed by atoms with E-state index < -0.39 is 6.04 Å². The van der Waals surface area contributed by atoms with Crippen molar-refractivity contribution in [1.82, 2.24) is 15.5 Å². The molecule has 0 aliphatic rings. The number of carbonyl (C=O) groups is 1. The zero-order valence-corrected chi connectivity index (χ0v) is 15.4. The van der Waals surface area contributed by atoms with Gasteiger partial charge in [0.25, 0.3) is 11.6 Å². The van der Waals surface area contributed by atoms with Gasteiger partial charge in [-0.3, -0.25) is 4.79 Å². The molecule has 1 atom stereocenters. The van der Waals surface area contributed by atoms with Crippen molar-refractivity contribution in [1.29, 1.82) is 0 Å². The molecule has 0 saturated carbocycles. The molecule has 4 aromatic rings. The molecule has 4 rings (SSSR count). The number of rotatable bonds is 3. The van der Waals surface area contributed by atoms with Gasteiger partial charge >= 0.3 is 0 Å². The standard InChI is InChI=1S/C20H18FN3O3/c1-9-7-15(17-11(3)24-27-20(17)22-9)19(25)23-12(4)18-10(2)14-8-13(21)5-6-16(14)26-18/h5-8,12H,1-4H3,(H,23,25). The number of hydrogen-bond acceptors (Lipinski definition) is 5. The van der Waals surface area contributed by atoms with Gasteiger partial charge in [0.05, 0.1) is 22.7 Å². The minimum atomic E-state index is -0.406. The Morgan fingerprint density at radius 2 is 2.00 bits per heavy atom. The van der Waals surface area contributed by atoms with Crippen molar-refractivity contribution in [3.8, 4) is 0 Å². The maximum absolute atomic E-state index is 13.5. The Hall–Kier alpha value is -3.22. The number of halogens is 1. The van der Waals surface area contributed by atoms with E-state index in [0.29, 0.717) is 44.8 Å². The second kappa shape index (κ2) is 6.19. The Labute approximate surface area is 154 Å². The largest absolute Gasteiger partial charge is 0.459 e. The number of amides is 1. The highest BCUT2D eigenvalue weighted by molar-refractivity contribution is 6.06. The summed E-state index contributed by atoms with van der Waals surface area (Å²) < 4.78 is 24.6. The molecular formula is C20H18FN3O3. The van der Waals surface area contributed by atoms with Crippen molar-refractivity contribution in [2.24, 2.45) is 0 Å². The Bertz CT molecular complexity index is 1190. The SMILES string of the molecule is Cc1cc(C(=O)NC(C)c2oc3ccc(F)cc3c2C)c2c(C)noc2n1. The molecule has 27 heavy (non-hydrogen) atoms. The van der Waals surface area contributed by atoms with Crippen LogP contribution in [-0.4, -0.2) is 16.0 Å². The number of hydrogen-bond donors (Lipinski definition) is 1. The molecule has 1 amide bonds. The second-order valence-corrected chi connectivity index (χ2v) is 6.69. The lowest BCUT2D eigenvalue weighted by Gasteiger charge is -2.13. The van der Waals surface area contributed by atoms with E-state index in [0.717, 1.165) is 5.56 Å². The van der Waals surface area contributed by atoms with Crippen LogP contribution < -0.4 is 5.32 Å². The second-order valence-electron chi connectivity index (χ2n) is 6.69. The van der Waals surface area contributed by atoms with Gasteiger partial charge in [0.1, 0.15) is 17.2 Å². The summed E-state index contributed by atoms with van der Waals surface area (Å²) in [5.74, 6) is -0.0180. The van der Waals surface area contributed by atoms with Crippen LogP contribution >= 0.6 is 0 Å². The van der Waals surface area contributed by atoms with Gasteiger partial charge in [-0.15, -0.1) is 0 Å². The van der Waals surface area contributed by atoms with Gasteiger partial charge in [-0.05, 0) is 52.0 Å². The summed E-state index contributed by atoms with van der Waals surface area (Å²) in [7, 11) is 0. The number of pyridine rings is 1. The first-order chi connectivity index (χ1) is 12.8. The van der Waals surface area contributed by atoms with Crippen LogP contribution in [0.2, 0.25) is 0 Å². The molecule has 0 fully saturated rings. The van der Waals surface area contributed by atoms with E-state index in [9.17, 15) is 9.18 Å². The Balaban J connectivity index is 1.70. The lowest BCUT2D eigenvalue weighted by molar-refractivity contribution is 0.0937. The molecule has 0 aliphatic carbocycles. The molecular weight excluding hydrogens is 349 g/mol. The van der Waals surface area contributed by atoms with Gasteiger partial charge in [0.2, 0.25) is 0 Å². The minimum absolute atomic E-state index is 0.282. The van der Waals surface area contributed by atoms with Crippen molar-refractivity contribution < 1.29 is 18.1 Å². The Morgan fingerprint density at radius 1 is 1.22 bits per heavy atom. The first-order valence-corrected chi connectivity index (χ1v) is 8.58. The van der Waals surface area contributed by atoms with Gasteiger partial charge in [-0.2, -0.15) is 0 Å². The summed E-state index contributed by atoms with van der Waals surface area (Å²) >= 11 is 0. The fourth-order valence-corrected chi connectivity index (χ4v) is 3.36. The van der Waals surface area contributed by atoms with E-state index in [1.54, 1.807) is 26.0 Å². The predicted octanol–water partition coefficient (Wildman–Crippen LogP) is 4.52. The van der Waals surface area contributed by atoms with Crippen LogP contribution in [0.15, 0.2) is 33.2 Å². The number of nitrogens with one attached hydrogen (secondary N) is 1. The minimum Gasteiger partial charge on any atom is -0.459 e. The molecule has 3 aromatic heterocycles. The zero-order chi connectivity index (χ0) is 19.3. The summed E-state index contributed by atoms with van der Waals surface area (Å²) in [6, 6.07) is 5.67. The van der Waals surface area contributed by atoms with Crippen LogP contribution in [0.3, 0.4) is 0 Å². The topological polar surface area (TPSA) is 81.2 Å². The maximum Gasteiger partial charge on any atom is 0.258 e. The van der Waals surface area contributed by atoms with Gasteiger partial charge in [0, 0.05) is 16.6 Å². The third kappa shape index (κ3) is 2.85. The highest BCUT2D eigenvalue weighted by Crippen LogP contribution is 2.30. The van der Waals surface area contributed by atoms with Gasteiger partial charge in [-0.25, -0.2) is 9.37 Å². The third-order valence-electron chi connectivity index (χ3n) is 4.67. The Kier molecular flexibility index (Phi) is 3.95. The molecule has 6 nitrogen and oxygen atoms in total. The van der Waals surface area contributed by atoms with E-state index in [-0.39, 0.29) is 11.7 Å². The average Bonchev–Trinajstić information content (AvgIpc) is 3.15. The number of fused-ring (bicyclic) bond motifs is 2. The fourth-order valence-electron chi connectivity index (χ4n) is 3.36. The van der Waals surface area contributed by atoms with E-state index in [1.807, 2.05) is 13.8 Å². The molecule has 138 valence electrons. The molecule has 7 heteroatoms. The molecule has 1 unspecified atom stereocenters. The summed E-state index contributed by atoms with van der Waals surface area (Å²) in [6.07, 6.45) is 0. The predicted molar refractivity (Wildman–Crippen MR) is 98.1 cm³/mol. The first-order valence-electron chi connectivity index (χ1n) is 8.58. The van der Waals surface area contributed by atoms with Crippen LogP contribution in [0.5, 0.6) is 0 Å². The van der Waals surface area contributed by atoms with E-state index in [4.69, 9.17) is 8.94 Å². The van der Waals surface area contributed by atoms with Crippen molar-refractivity contribution in [3.63, 3.8) is 0 Å². The van der Waals surface area contributed by atoms with E-state index in [2.05, 4.69) is 15.5 Å². The molecule has 0 aliphatic heterocycles. The molecule has 0 radical (unpaired) electrons. The van der Waals surface area contributed by atoms with Gasteiger partial charge in [0.15, 0.2) is 0 Å². The summed E-state index contributed by atoms with van der Waals surface area (Å²) in [5.41, 5.74) is 3.43. The van der Waals surface area contributed by atoms with Crippen molar-refractivity contribution in [3.05, 3.63) is 58.4 Å². The quantitative estimate of drug-likeness (QED) is 0.576. The number of furan rings is 1. The first kappa shape index (κ1) is 17.2. The lowest BCUT2D eigenvalue weighted by Crippen LogP contribution is -2.27. The normalized spacial score (nSPS) is 12.6. The third-order valence-corrected chi connectivity index (χ3v) is 4.67. The summed E-state index contributed by atoms with van der Waals surface area (Å²) in [4.78, 5) is 17.2. The van der Waals surface area contributed by atoms with E-state index >= 15 is 0 Å². The fraction of sp³-hybridized carbons (Fsp3) is 0.250. The van der Waals surface area contributed by atoms with Crippen LogP contribution in [0.1, 0.15) is 46.0 Å². The number of aryl methyl sites for hydroxylation is 3. The zero-order valence-electron chi connectivity index (χ0n) is 15.4. The smallest absolute Gasteiger partial charge is 0.258 e. The Morgan fingerprint density at radius 3 is 2.78 bits per heavy atom. The summed E-state index contributed by atoms with van der Waals surface area (Å²) in [6.45, 7) is 7.23. The molecule has 1 aromatic carbocycles. The van der Waals surface area contributed by atoms with E-state index in [1.165, 1.54) is 12.1 Å². The summed E-state index contributed by atoms with van der Waals surface area (Å²) in [5, 5.41) is 8.13. The van der Waals surface area contributed by atoms with Gasteiger partial charge in [-0.1, -0.05) is 5.16 Å². The number of carbonyl (C=O) groups excluding carboxylic acids is 1. The van der Waals surface area contributed by atoms with Crippen LogP contribution in [0.25, 0.3) is 22.1 Å². The monoisotopic (exact) mass is 367 g/mol. The van der Waals surface area contributed by atoms with Crippen LogP contribution in [-0.2, 0) is 0 Å². The highest BCUT2D eigenvalue weighted by Gasteiger charge is 2.22.